The van der Waals surface area contributed by atoms with Gasteiger partial charge in [0.05, 0.1) is 5.69 Å². The van der Waals surface area contributed by atoms with Gasteiger partial charge in [0.25, 0.3) is 0 Å². The van der Waals surface area contributed by atoms with Crippen molar-refractivity contribution in [3.05, 3.63) is 33.6 Å². The van der Waals surface area contributed by atoms with E-state index >= 15 is 0 Å². The maximum atomic E-state index is 10.8. The Bertz CT molecular complexity index is 661. The fourth-order valence-electron chi connectivity index (χ4n) is 2.60. The minimum atomic E-state index is -0.121. The Morgan fingerprint density at radius 3 is 1.96 bits per heavy atom. The molecule has 0 unspecified atom stereocenters. The maximum Gasteiger partial charge on any atom is 0.123 e. The van der Waals surface area contributed by atoms with Crippen LogP contribution >= 0.6 is 23.7 Å². The number of nitrogens with zero attached hydrogens (tertiary/aromatic N) is 1. The number of rotatable bonds is 3. The highest BCUT2D eigenvalue weighted by Crippen LogP contribution is 2.42. The zero-order valence-corrected chi connectivity index (χ0v) is 17.3. The Kier molecular flexibility index (Phi) is 6.48. The molecule has 0 saturated carbocycles. The molecule has 0 aliphatic carbocycles. The van der Waals surface area contributed by atoms with Gasteiger partial charge in [-0.15, -0.1) is 23.7 Å². The highest BCUT2D eigenvalue weighted by Gasteiger charge is 2.27. The summed E-state index contributed by atoms with van der Waals surface area (Å²) in [5.41, 5.74) is 3.77. The first-order valence-electron chi connectivity index (χ1n) is 8.01. The third kappa shape index (κ3) is 4.50. The fraction of sp³-hybridized carbons (Fsp3) is 0.526. The van der Waals surface area contributed by atoms with Crippen molar-refractivity contribution < 1.29 is 5.11 Å². The van der Waals surface area contributed by atoms with E-state index in [1.165, 1.54) is 0 Å². The van der Waals surface area contributed by atoms with Crippen LogP contribution in [0.1, 0.15) is 57.7 Å². The summed E-state index contributed by atoms with van der Waals surface area (Å²) in [4.78, 5) is 4.72. The van der Waals surface area contributed by atoms with E-state index in [2.05, 4.69) is 64.4 Å². The van der Waals surface area contributed by atoms with Gasteiger partial charge >= 0.3 is 0 Å². The van der Waals surface area contributed by atoms with Crippen LogP contribution < -0.4 is 5.32 Å². The van der Waals surface area contributed by atoms with Crippen LogP contribution in [0.15, 0.2) is 17.5 Å². The Balaban J connectivity index is 0.00000288. The molecule has 0 aliphatic rings. The second-order valence-electron chi connectivity index (χ2n) is 8.08. The minimum absolute atomic E-state index is 0. The van der Waals surface area contributed by atoms with Crippen molar-refractivity contribution in [1.29, 1.82) is 0 Å². The van der Waals surface area contributed by atoms with Crippen molar-refractivity contribution in [3.63, 3.8) is 0 Å². The van der Waals surface area contributed by atoms with Crippen molar-refractivity contribution in [3.8, 4) is 17.0 Å². The number of phenols is 1. The summed E-state index contributed by atoms with van der Waals surface area (Å²) in [7, 11) is 1.93. The van der Waals surface area contributed by atoms with Crippen LogP contribution in [0.3, 0.4) is 0 Å². The molecule has 0 radical (unpaired) electrons. The molecule has 1 heterocycles. The summed E-state index contributed by atoms with van der Waals surface area (Å²) in [6.07, 6.45) is 0. The van der Waals surface area contributed by atoms with E-state index in [1.54, 1.807) is 11.3 Å². The van der Waals surface area contributed by atoms with Gasteiger partial charge in [-0.1, -0.05) is 41.5 Å². The summed E-state index contributed by atoms with van der Waals surface area (Å²) in [6.45, 7) is 13.6. The largest absolute Gasteiger partial charge is 0.507 e. The Morgan fingerprint density at radius 1 is 1.04 bits per heavy atom. The van der Waals surface area contributed by atoms with E-state index in [0.29, 0.717) is 5.75 Å². The molecule has 0 bridgehead atoms. The summed E-state index contributed by atoms with van der Waals surface area (Å²) in [5, 5.41) is 17.1. The highest BCUT2D eigenvalue weighted by molar-refractivity contribution is 7.09. The molecule has 0 spiro atoms. The molecule has 0 aliphatic heterocycles. The summed E-state index contributed by atoms with van der Waals surface area (Å²) < 4.78 is 0. The molecule has 2 aromatic rings. The van der Waals surface area contributed by atoms with Crippen molar-refractivity contribution in [2.45, 2.75) is 58.9 Å². The van der Waals surface area contributed by atoms with Crippen LogP contribution in [0.4, 0.5) is 0 Å². The predicted octanol–water partition coefficient (Wildman–Crippen LogP) is 5.25. The van der Waals surface area contributed by atoms with E-state index in [1.807, 2.05) is 7.05 Å². The lowest BCUT2D eigenvalue weighted by atomic mass is 9.78. The van der Waals surface area contributed by atoms with Crippen LogP contribution in [-0.4, -0.2) is 17.1 Å². The average molecular weight is 369 g/mol. The van der Waals surface area contributed by atoms with Crippen molar-refractivity contribution in [1.82, 2.24) is 10.3 Å². The molecule has 0 saturated heterocycles. The first kappa shape index (κ1) is 20.9. The molecular weight excluding hydrogens is 340 g/mol. The van der Waals surface area contributed by atoms with Crippen molar-refractivity contribution in [2.24, 2.45) is 0 Å². The van der Waals surface area contributed by atoms with Crippen LogP contribution in [0, 0.1) is 0 Å². The monoisotopic (exact) mass is 368 g/mol. The minimum Gasteiger partial charge on any atom is -0.507 e. The number of phenolic OH excluding ortho intramolecular Hbond substituents is 1. The smallest absolute Gasteiger partial charge is 0.123 e. The number of halogens is 1. The van der Waals surface area contributed by atoms with Gasteiger partial charge in [-0.05, 0) is 30.0 Å². The Morgan fingerprint density at radius 2 is 1.54 bits per heavy atom. The van der Waals surface area contributed by atoms with Gasteiger partial charge in [0.1, 0.15) is 10.8 Å². The fourth-order valence-corrected chi connectivity index (χ4v) is 3.42. The second-order valence-corrected chi connectivity index (χ2v) is 9.02. The molecule has 134 valence electrons. The molecule has 0 atom stereocenters. The number of aromatic nitrogens is 1. The van der Waals surface area contributed by atoms with Gasteiger partial charge in [0, 0.05) is 28.6 Å². The molecule has 0 fully saturated rings. The Hall–Kier alpha value is -1.10. The van der Waals surface area contributed by atoms with Crippen LogP contribution in [0.2, 0.25) is 0 Å². The maximum absolute atomic E-state index is 10.8. The first-order chi connectivity index (χ1) is 10.5. The van der Waals surface area contributed by atoms with Gasteiger partial charge in [0.2, 0.25) is 0 Å². The third-order valence-electron chi connectivity index (χ3n) is 3.90. The van der Waals surface area contributed by atoms with Gasteiger partial charge in [-0.25, -0.2) is 4.98 Å². The van der Waals surface area contributed by atoms with Crippen molar-refractivity contribution >= 4 is 23.7 Å². The summed E-state index contributed by atoms with van der Waals surface area (Å²) in [5.74, 6) is 0.416. The molecule has 24 heavy (non-hydrogen) atoms. The van der Waals surface area contributed by atoms with Gasteiger partial charge in [-0.2, -0.15) is 0 Å². The molecule has 0 amide bonds. The van der Waals surface area contributed by atoms with Crippen LogP contribution in [0.5, 0.6) is 5.75 Å². The molecule has 3 nitrogen and oxygen atoms in total. The van der Waals surface area contributed by atoms with E-state index in [-0.39, 0.29) is 23.2 Å². The third-order valence-corrected chi connectivity index (χ3v) is 4.75. The van der Waals surface area contributed by atoms with Crippen molar-refractivity contribution in [2.75, 3.05) is 7.05 Å². The lowest BCUT2D eigenvalue weighted by Crippen LogP contribution is -2.17. The standard InChI is InChI=1S/C19H28N2OS.ClH/c1-18(2,3)13-8-12(9-14(17(13)22)19(4,5)6)15-11-23-16(21-15)10-20-7;/h8-9,11,20,22H,10H2,1-7H3;1H. The summed E-state index contributed by atoms with van der Waals surface area (Å²) in [6, 6.07) is 4.17. The molecule has 2 rings (SSSR count). The Labute approximate surface area is 155 Å². The molecule has 1 aromatic heterocycles. The SMILES string of the molecule is CNCc1nc(-c2cc(C(C)(C)C)c(O)c(C(C)(C)C)c2)cs1.Cl. The van der Waals surface area contributed by atoms with Crippen LogP contribution in [-0.2, 0) is 17.4 Å². The second kappa shape index (κ2) is 7.42. The zero-order valence-electron chi connectivity index (χ0n) is 15.7. The van der Waals surface area contributed by atoms with Crippen LogP contribution in [0.25, 0.3) is 11.3 Å². The topological polar surface area (TPSA) is 45.2 Å². The van der Waals surface area contributed by atoms with E-state index in [0.717, 1.165) is 33.9 Å². The normalized spacial score (nSPS) is 12.1. The quantitative estimate of drug-likeness (QED) is 0.777. The zero-order chi connectivity index (χ0) is 17.4. The number of nitrogens with one attached hydrogen (secondary N) is 1. The van der Waals surface area contributed by atoms with Gasteiger partial charge < -0.3 is 10.4 Å². The average Bonchev–Trinajstić information content (AvgIpc) is 2.85. The number of benzene rings is 1. The molecular formula is C19H29ClN2OS. The lowest BCUT2D eigenvalue weighted by molar-refractivity contribution is 0.423. The molecule has 5 heteroatoms. The van der Waals surface area contributed by atoms with Gasteiger partial charge in [-0.3, -0.25) is 0 Å². The number of thiazole rings is 1. The lowest BCUT2D eigenvalue weighted by Gasteiger charge is -2.28. The van der Waals surface area contributed by atoms with E-state index in [9.17, 15) is 5.11 Å². The van der Waals surface area contributed by atoms with Gasteiger partial charge in [0.15, 0.2) is 0 Å². The van der Waals surface area contributed by atoms with E-state index in [4.69, 9.17) is 4.98 Å². The summed E-state index contributed by atoms with van der Waals surface area (Å²) >= 11 is 1.66. The molecule has 1 aromatic carbocycles. The number of aromatic hydroxyl groups is 1. The number of hydrogen-bond donors (Lipinski definition) is 2. The number of hydrogen-bond acceptors (Lipinski definition) is 4. The molecule has 2 N–H and O–H groups in total. The first-order valence-corrected chi connectivity index (χ1v) is 8.89. The predicted molar refractivity (Wildman–Crippen MR) is 107 cm³/mol. The van der Waals surface area contributed by atoms with E-state index < -0.39 is 0 Å². The highest BCUT2D eigenvalue weighted by atomic mass is 35.5.